The summed E-state index contributed by atoms with van der Waals surface area (Å²) in [5.41, 5.74) is 5.30. The van der Waals surface area contributed by atoms with E-state index >= 15 is 0 Å². The van der Waals surface area contributed by atoms with Gasteiger partial charge < -0.3 is 16.2 Å². The van der Waals surface area contributed by atoms with Gasteiger partial charge in [-0.2, -0.15) is 0 Å². The van der Waals surface area contributed by atoms with Crippen LogP contribution in [-0.2, 0) is 4.79 Å². The van der Waals surface area contributed by atoms with Gasteiger partial charge in [0.2, 0.25) is 5.91 Å². The predicted molar refractivity (Wildman–Crippen MR) is 54.6 cm³/mol. The molecule has 0 radical (unpaired) electrons. The molecule has 0 aromatic carbocycles. The van der Waals surface area contributed by atoms with Crippen LogP contribution in [0.5, 0.6) is 0 Å². The summed E-state index contributed by atoms with van der Waals surface area (Å²) in [6.07, 6.45) is 3.85. The van der Waals surface area contributed by atoms with Gasteiger partial charge in [-0.15, -0.1) is 0 Å². The van der Waals surface area contributed by atoms with E-state index in [9.17, 15) is 9.90 Å². The summed E-state index contributed by atoms with van der Waals surface area (Å²) in [5, 5.41) is 12.2. The maximum Gasteiger partial charge on any atom is 0.220 e. The molecule has 0 aromatic rings. The maximum absolute atomic E-state index is 11.2. The van der Waals surface area contributed by atoms with Crippen LogP contribution in [0.4, 0.5) is 0 Å². The van der Waals surface area contributed by atoms with Gasteiger partial charge in [0.15, 0.2) is 0 Å². The first-order valence-corrected chi connectivity index (χ1v) is 5.37. The Hall–Kier alpha value is -0.610. The topological polar surface area (TPSA) is 75.4 Å². The van der Waals surface area contributed by atoms with Gasteiger partial charge in [0, 0.05) is 13.0 Å². The van der Waals surface area contributed by atoms with Crippen molar-refractivity contribution >= 4 is 5.91 Å². The Morgan fingerprint density at radius 2 is 2.29 bits per heavy atom. The minimum Gasteiger partial charge on any atom is -0.393 e. The van der Waals surface area contributed by atoms with Crippen LogP contribution in [0.15, 0.2) is 0 Å². The summed E-state index contributed by atoms with van der Waals surface area (Å²) in [6, 6.07) is 0. The van der Waals surface area contributed by atoms with Crippen molar-refractivity contribution in [3.63, 3.8) is 0 Å². The van der Waals surface area contributed by atoms with Crippen molar-refractivity contribution in [1.82, 2.24) is 5.32 Å². The Morgan fingerprint density at radius 1 is 1.50 bits per heavy atom. The Morgan fingerprint density at radius 3 is 2.86 bits per heavy atom. The van der Waals surface area contributed by atoms with Gasteiger partial charge in [0.05, 0.1) is 6.10 Å². The van der Waals surface area contributed by atoms with E-state index in [4.69, 9.17) is 5.73 Å². The molecule has 0 bridgehead atoms. The molecule has 14 heavy (non-hydrogen) atoms. The number of carbonyl (C=O) groups excluding carboxylic acids is 1. The fourth-order valence-electron chi connectivity index (χ4n) is 1.84. The van der Waals surface area contributed by atoms with Gasteiger partial charge >= 0.3 is 0 Å². The predicted octanol–water partition coefficient (Wildman–Crippen LogP) is 0.00250. The summed E-state index contributed by atoms with van der Waals surface area (Å²) in [4.78, 5) is 11.2. The van der Waals surface area contributed by atoms with Crippen molar-refractivity contribution in [2.24, 2.45) is 11.7 Å². The van der Waals surface area contributed by atoms with Crippen LogP contribution in [0.25, 0.3) is 0 Å². The van der Waals surface area contributed by atoms with Crippen LogP contribution in [0.3, 0.4) is 0 Å². The molecular weight excluding hydrogens is 180 g/mol. The lowest BCUT2D eigenvalue weighted by molar-refractivity contribution is -0.121. The minimum absolute atomic E-state index is 0.0804. The zero-order chi connectivity index (χ0) is 10.4. The molecule has 1 aliphatic carbocycles. The van der Waals surface area contributed by atoms with Crippen molar-refractivity contribution in [1.29, 1.82) is 0 Å². The normalized spacial score (nSPS) is 26.4. The number of aliphatic hydroxyl groups is 1. The van der Waals surface area contributed by atoms with Crippen molar-refractivity contribution in [3.05, 3.63) is 0 Å². The number of hydrogen-bond donors (Lipinski definition) is 3. The number of hydrogen-bond acceptors (Lipinski definition) is 3. The minimum atomic E-state index is -0.152. The maximum atomic E-state index is 11.2. The van der Waals surface area contributed by atoms with Crippen LogP contribution >= 0.6 is 0 Å². The Labute approximate surface area is 84.9 Å². The molecular formula is C10H20N2O2. The highest BCUT2D eigenvalue weighted by Gasteiger charge is 2.22. The monoisotopic (exact) mass is 200 g/mol. The lowest BCUT2D eigenvalue weighted by Crippen LogP contribution is -2.28. The lowest BCUT2D eigenvalue weighted by atomic mass is 10.1. The molecule has 4 N–H and O–H groups in total. The van der Waals surface area contributed by atoms with E-state index in [1.54, 1.807) is 0 Å². The van der Waals surface area contributed by atoms with E-state index in [0.29, 0.717) is 25.4 Å². The molecule has 0 saturated heterocycles. The average Bonchev–Trinajstić information content (AvgIpc) is 2.58. The van der Waals surface area contributed by atoms with Crippen molar-refractivity contribution in [2.45, 2.75) is 38.2 Å². The quantitative estimate of drug-likeness (QED) is 0.585. The van der Waals surface area contributed by atoms with Crippen molar-refractivity contribution in [3.8, 4) is 0 Å². The summed E-state index contributed by atoms with van der Waals surface area (Å²) < 4.78 is 0. The first kappa shape index (κ1) is 11.5. The molecule has 1 rings (SSSR count). The van der Waals surface area contributed by atoms with E-state index in [1.165, 1.54) is 0 Å². The third-order valence-electron chi connectivity index (χ3n) is 2.71. The molecule has 1 amide bonds. The van der Waals surface area contributed by atoms with E-state index in [1.807, 2.05) is 0 Å². The zero-order valence-corrected chi connectivity index (χ0v) is 8.54. The number of nitrogens with two attached hydrogens (primary N) is 1. The molecule has 0 heterocycles. The fraction of sp³-hybridized carbons (Fsp3) is 0.900. The number of rotatable bonds is 5. The highest BCUT2D eigenvalue weighted by Crippen LogP contribution is 2.24. The number of amides is 1. The second-order valence-corrected chi connectivity index (χ2v) is 4.03. The van der Waals surface area contributed by atoms with Gasteiger partial charge in [-0.1, -0.05) is 0 Å². The molecule has 2 atom stereocenters. The second-order valence-electron chi connectivity index (χ2n) is 4.03. The molecule has 0 spiro atoms. The van der Waals surface area contributed by atoms with Gasteiger partial charge in [0.1, 0.15) is 0 Å². The van der Waals surface area contributed by atoms with Crippen LogP contribution in [-0.4, -0.2) is 30.2 Å². The molecule has 2 unspecified atom stereocenters. The summed E-state index contributed by atoms with van der Waals surface area (Å²) >= 11 is 0. The molecule has 4 heteroatoms. The Kier molecular flexibility index (Phi) is 4.90. The summed E-state index contributed by atoms with van der Waals surface area (Å²) in [7, 11) is 0. The van der Waals surface area contributed by atoms with Gasteiger partial charge in [-0.3, -0.25) is 4.79 Å². The number of nitrogens with one attached hydrogen (secondary N) is 1. The SMILES string of the molecule is NCCCC(=O)NCC1CCC(O)C1. The summed E-state index contributed by atoms with van der Waals surface area (Å²) in [6.45, 7) is 1.27. The molecule has 1 fully saturated rings. The molecule has 0 aliphatic heterocycles. The van der Waals surface area contributed by atoms with Gasteiger partial charge in [-0.05, 0) is 38.1 Å². The van der Waals surface area contributed by atoms with E-state index in [0.717, 1.165) is 25.7 Å². The smallest absolute Gasteiger partial charge is 0.220 e. The summed E-state index contributed by atoms with van der Waals surface area (Å²) in [5.74, 6) is 0.545. The fourth-order valence-corrected chi connectivity index (χ4v) is 1.84. The van der Waals surface area contributed by atoms with Crippen molar-refractivity contribution in [2.75, 3.05) is 13.1 Å². The third kappa shape index (κ3) is 4.07. The Balaban J connectivity index is 2.05. The van der Waals surface area contributed by atoms with Crippen LogP contribution in [0.1, 0.15) is 32.1 Å². The second kappa shape index (κ2) is 5.98. The van der Waals surface area contributed by atoms with Gasteiger partial charge in [-0.25, -0.2) is 0 Å². The molecule has 1 saturated carbocycles. The molecule has 1 aliphatic rings. The molecule has 0 aromatic heterocycles. The molecule has 82 valence electrons. The van der Waals surface area contributed by atoms with Crippen LogP contribution in [0.2, 0.25) is 0 Å². The van der Waals surface area contributed by atoms with E-state index in [2.05, 4.69) is 5.32 Å². The first-order valence-electron chi connectivity index (χ1n) is 5.37. The highest BCUT2D eigenvalue weighted by molar-refractivity contribution is 5.75. The zero-order valence-electron chi connectivity index (χ0n) is 8.54. The lowest BCUT2D eigenvalue weighted by Gasteiger charge is -2.10. The van der Waals surface area contributed by atoms with Gasteiger partial charge in [0.25, 0.3) is 0 Å². The van der Waals surface area contributed by atoms with E-state index in [-0.39, 0.29) is 12.0 Å². The van der Waals surface area contributed by atoms with Crippen LogP contribution < -0.4 is 11.1 Å². The number of carbonyl (C=O) groups is 1. The van der Waals surface area contributed by atoms with E-state index < -0.39 is 0 Å². The van der Waals surface area contributed by atoms with Crippen LogP contribution in [0, 0.1) is 5.92 Å². The molecule has 4 nitrogen and oxygen atoms in total. The standard InChI is InChI=1S/C10H20N2O2/c11-5-1-2-10(14)12-7-8-3-4-9(13)6-8/h8-9,13H,1-7,11H2,(H,12,14). The average molecular weight is 200 g/mol. The van der Waals surface area contributed by atoms with Crippen molar-refractivity contribution < 1.29 is 9.90 Å². The number of aliphatic hydroxyl groups excluding tert-OH is 1. The Bertz CT molecular complexity index is 185. The largest absolute Gasteiger partial charge is 0.393 e. The third-order valence-corrected chi connectivity index (χ3v) is 2.71. The first-order chi connectivity index (χ1) is 6.72. The highest BCUT2D eigenvalue weighted by atomic mass is 16.3.